The van der Waals surface area contributed by atoms with Gasteiger partial charge in [0.15, 0.2) is 12.4 Å². The molecule has 3 rings (SSSR count). The normalized spacial score (nSPS) is 16.3. The van der Waals surface area contributed by atoms with Crippen LogP contribution in [0.1, 0.15) is 16.8 Å². The van der Waals surface area contributed by atoms with E-state index < -0.39 is 11.9 Å². The molecule has 1 amide bonds. The van der Waals surface area contributed by atoms with Crippen LogP contribution in [-0.2, 0) is 14.3 Å². The molecule has 27 heavy (non-hydrogen) atoms. The van der Waals surface area contributed by atoms with Crippen molar-refractivity contribution in [3.8, 4) is 5.75 Å². The summed E-state index contributed by atoms with van der Waals surface area (Å²) < 4.78 is 10.3. The number of hydrogen-bond acceptors (Lipinski definition) is 5. The summed E-state index contributed by atoms with van der Waals surface area (Å²) in [5, 5.41) is 0.519. The number of halogens is 1. The van der Waals surface area contributed by atoms with Crippen LogP contribution in [0.5, 0.6) is 5.75 Å². The van der Waals surface area contributed by atoms with E-state index in [0.29, 0.717) is 22.0 Å². The number of Topliss-reactive ketones (excluding diaryl/α,β-unsaturated/α-hetero) is 1. The Kier molecular flexibility index (Phi) is 5.76. The van der Waals surface area contributed by atoms with Gasteiger partial charge in [0, 0.05) is 35.3 Å². The van der Waals surface area contributed by atoms with Gasteiger partial charge < -0.3 is 14.4 Å². The van der Waals surface area contributed by atoms with Crippen LogP contribution in [-0.4, -0.2) is 37.9 Å². The van der Waals surface area contributed by atoms with Crippen LogP contribution in [0, 0.1) is 5.92 Å². The first-order valence-electron chi connectivity index (χ1n) is 8.37. The van der Waals surface area contributed by atoms with Crippen LogP contribution in [0.4, 0.5) is 5.69 Å². The summed E-state index contributed by atoms with van der Waals surface area (Å²) in [6, 6.07) is 13.4. The SMILES string of the molecule is COc1cccc(N2C[C@H](C(=O)OCC(=O)c3ccc(Cl)cc3)CC2=O)c1. The predicted molar refractivity (Wildman–Crippen MR) is 100 cm³/mol. The standard InChI is InChI=1S/C20H18ClNO5/c1-26-17-4-2-3-16(10-17)22-11-14(9-19(22)24)20(25)27-12-18(23)13-5-7-15(21)8-6-13/h2-8,10,14H,9,11-12H2,1H3/t14-/m1/s1. The molecule has 2 aromatic rings. The summed E-state index contributed by atoms with van der Waals surface area (Å²) in [5.74, 6) is -1.04. The number of methoxy groups -OCH3 is 1. The second-order valence-corrected chi connectivity index (χ2v) is 6.58. The molecule has 2 aromatic carbocycles. The van der Waals surface area contributed by atoms with Crippen molar-refractivity contribution in [2.45, 2.75) is 6.42 Å². The third-order valence-corrected chi connectivity index (χ3v) is 4.59. The second kappa shape index (κ2) is 8.22. The van der Waals surface area contributed by atoms with Gasteiger partial charge in [-0.1, -0.05) is 17.7 Å². The molecule has 0 spiro atoms. The minimum atomic E-state index is -0.610. The Morgan fingerprint density at radius 3 is 2.63 bits per heavy atom. The van der Waals surface area contributed by atoms with Crippen molar-refractivity contribution < 1.29 is 23.9 Å². The molecule has 0 aliphatic carbocycles. The van der Waals surface area contributed by atoms with Gasteiger partial charge in [0.05, 0.1) is 13.0 Å². The first-order chi connectivity index (χ1) is 13.0. The maximum Gasteiger partial charge on any atom is 0.311 e. The third kappa shape index (κ3) is 4.46. The number of hydrogen-bond donors (Lipinski definition) is 0. The molecule has 0 saturated carbocycles. The van der Waals surface area contributed by atoms with Crippen LogP contribution in [0.2, 0.25) is 5.02 Å². The molecule has 0 unspecified atom stereocenters. The molecular weight excluding hydrogens is 370 g/mol. The van der Waals surface area contributed by atoms with Crippen molar-refractivity contribution in [3.63, 3.8) is 0 Å². The quantitative estimate of drug-likeness (QED) is 0.562. The molecule has 1 heterocycles. The van der Waals surface area contributed by atoms with Crippen molar-refractivity contribution in [1.29, 1.82) is 0 Å². The molecule has 0 N–H and O–H groups in total. The Morgan fingerprint density at radius 2 is 1.93 bits per heavy atom. The van der Waals surface area contributed by atoms with Crippen LogP contribution >= 0.6 is 11.6 Å². The molecular formula is C20H18ClNO5. The fraction of sp³-hybridized carbons (Fsp3) is 0.250. The van der Waals surface area contributed by atoms with E-state index in [1.54, 1.807) is 55.6 Å². The van der Waals surface area contributed by atoms with E-state index in [2.05, 4.69) is 0 Å². The van der Waals surface area contributed by atoms with Gasteiger partial charge in [0.2, 0.25) is 5.91 Å². The zero-order valence-electron chi connectivity index (χ0n) is 14.7. The number of anilines is 1. The molecule has 1 atom stereocenters. The topological polar surface area (TPSA) is 72.9 Å². The van der Waals surface area contributed by atoms with E-state index in [1.807, 2.05) is 0 Å². The zero-order chi connectivity index (χ0) is 19.4. The Bertz CT molecular complexity index is 865. The Hall–Kier alpha value is -2.86. The average Bonchev–Trinajstić information content (AvgIpc) is 3.08. The molecule has 1 aliphatic rings. The van der Waals surface area contributed by atoms with Gasteiger partial charge in [-0.25, -0.2) is 0 Å². The fourth-order valence-corrected chi connectivity index (χ4v) is 2.99. The number of benzene rings is 2. The minimum Gasteiger partial charge on any atom is -0.497 e. The molecule has 7 heteroatoms. The lowest BCUT2D eigenvalue weighted by molar-refractivity contribution is -0.147. The van der Waals surface area contributed by atoms with Crippen LogP contribution < -0.4 is 9.64 Å². The lowest BCUT2D eigenvalue weighted by Crippen LogP contribution is -2.27. The first kappa shape index (κ1) is 18.9. The van der Waals surface area contributed by atoms with Crippen molar-refractivity contribution >= 4 is 34.9 Å². The average molecular weight is 388 g/mol. The van der Waals surface area contributed by atoms with E-state index in [-0.39, 0.29) is 31.3 Å². The smallest absolute Gasteiger partial charge is 0.311 e. The second-order valence-electron chi connectivity index (χ2n) is 6.14. The Labute approximate surface area is 161 Å². The molecule has 0 bridgehead atoms. The molecule has 140 valence electrons. The number of amides is 1. The summed E-state index contributed by atoms with van der Waals surface area (Å²) in [6.07, 6.45) is 0.0468. The van der Waals surface area contributed by atoms with Gasteiger partial charge in [-0.05, 0) is 36.4 Å². The highest BCUT2D eigenvalue weighted by molar-refractivity contribution is 6.30. The number of nitrogens with zero attached hydrogens (tertiary/aromatic N) is 1. The van der Waals surface area contributed by atoms with Crippen LogP contribution in [0.3, 0.4) is 0 Å². The van der Waals surface area contributed by atoms with Crippen molar-refractivity contribution in [1.82, 2.24) is 0 Å². The monoisotopic (exact) mass is 387 g/mol. The number of carbonyl (C=O) groups excluding carboxylic acids is 3. The van der Waals surface area contributed by atoms with Gasteiger partial charge in [-0.3, -0.25) is 14.4 Å². The van der Waals surface area contributed by atoms with Gasteiger partial charge in [0.25, 0.3) is 0 Å². The van der Waals surface area contributed by atoms with E-state index in [4.69, 9.17) is 21.1 Å². The number of ether oxygens (including phenoxy) is 2. The molecule has 6 nitrogen and oxygen atoms in total. The van der Waals surface area contributed by atoms with Crippen molar-refractivity contribution in [2.24, 2.45) is 5.92 Å². The van der Waals surface area contributed by atoms with Gasteiger partial charge >= 0.3 is 5.97 Å². The molecule has 1 fully saturated rings. The lowest BCUT2D eigenvalue weighted by Gasteiger charge is -2.17. The van der Waals surface area contributed by atoms with Gasteiger partial charge in [0.1, 0.15) is 5.75 Å². The van der Waals surface area contributed by atoms with E-state index in [0.717, 1.165) is 0 Å². The summed E-state index contributed by atoms with van der Waals surface area (Å²) in [4.78, 5) is 38.2. The largest absolute Gasteiger partial charge is 0.497 e. The number of esters is 1. The van der Waals surface area contributed by atoms with Crippen molar-refractivity contribution in [3.05, 3.63) is 59.1 Å². The molecule has 0 aromatic heterocycles. The first-order valence-corrected chi connectivity index (χ1v) is 8.75. The van der Waals surface area contributed by atoms with Crippen LogP contribution in [0.25, 0.3) is 0 Å². The molecule has 1 aliphatic heterocycles. The van der Waals surface area contributed by atoms with E-state index in [9.17, 15) is 14.4 Å². The Morgan fingerprint density at radius 1 is 1.19 bits per heavy atom. The summed E-state index contributed by atoms with van der Waals surface area (Å²) in [6.45, 7) is -0.162. The minimum absolute atomic E-state index is 0.0468. The van der Waals surface area contributed by atoms with Gasteiger partial charge in [-0.15, -0.1) is 0 Å². The number of ketones is 1. The highest BCUT2D eigenvalue weighted by atomic mass is 35.5. The van der Waals surface area contributed by atoms with Crippen LogP contribution in [0.15, 0.2) is 48.5 Å². The maximum atomic E-state index is 12.3. The predicted octanol–water partition coefficient (Wildman–Crippen LogP) is 3.13. The highest BCUT2D eigenvalue weighted by Gasteiger charge is 2.36. The lowest BCUT2D eigenvalue weighted by atomic mass is 10.1. The summed E-state index contributed by atoms with van der Waals surface area (Å²) in [7, 11) is 1.54. The summed E-state index contributed by atoms with van der Waals surface area (Å²) >= 11 is 5.79. The van der Waals surface area contributed by atoms with Gasteiger partial charge in [-0.2, -0.15) is 0 Å². The highest BCUT2D eigenvalue weighted by Crippen LogP contribution is 2.28. The summed E-state index contributed by atoms with van der Waals surface area (Å²) in [5.41, 5.74) is 1.07. The fourth-order valence-electron chi connectivity index (χ4n) is 2.87. The molecule has 1 saturated heterocycles. The molecule has 0 radical (unpaired) electrons. The van der Waals surface area contributed by atoms with E-state index in [1.165, 1.54) is 4.90 Å². The Balaban J connectivity index is 1.58. The van der Waals surface area contributed by atoms with Crippen molar-refractivity contribution in [2.75, 3.05) is 25.2 Å². The third-order valence-electron chi connectivity index (χ3n) is 4.34. The maximum absolute atomic E-state index is 12.3. The van der Waals surface area contributed by atoms with E-state index >= 15 is 0 Å². The number of carbonyl (C=O) groups is 3. The number of rotatable bonds is 6. The zero-order valence-corrected chi connectivity index (χ0v) is 15.4.